The first-order chi connectivity index (χ1) is 8.72. The second kappa shape index (κ2) is 3.71. The van der Waals surface area contributed by atoms with Crippen LogP contribution in [0.1, 0.15) is 51.9 Å². The Balaban J connectivity index is 1.57. The number of hydrogen-bond donors (Lipinski definition) is 0. The van der Waals surface area contributed by atoms with Crippen LogP contribution in [0, 0.1) is 16.7 Å². The van der Waals surface area contributed by atoms with Gasteiger partial charge in [0, 0.05) is 5.41 Å². The fourth-order valence-electron chi connectivity index (χ4n) is 4.82. The van der Waals surface area contributed by atoms with E-state index in [0.29, 0.717) is 0 Å². The summed E-state index contributed by atoms with van der Waals surface area (Å²) in [5.41, 5.74) is 0.320. The maximum Gasteiger partial charge on any atom is 0.288 e. The lowest BCUT2D eigenvalue weighted by Crippen LogP contribution is -2.66. The summed E-state index contributed by atoms with van der Waals surface area (Å²) in [6, 6.07) is 0. The summed E-state index contributed by atoms with van der Waals surface area (Å²) < 4.78 is 18.5. The quantitative estimate of drug-likeness (QED) is 0.772. The van der Waals surface area contributed by atoms with Crippen molar-refractivity contribution in [2.24, 2.45) is 16.7 Å². The highest BCUT2D eigenvalue weighted by Crippen LogP contribution is 2.63. The Hall–Kier alpha value is -0.120. The van der Waals surface area contributed by atoms with E-state index in [4.69, 9.17) is 14.2 Å². The molecule has 5 aliphatic rings. The number of rotatable bonds is 3. The number of fused-ring (bicyclic) bond motifs is 5. The third-order valence-corrected chi connectivity index (χ3v) is 5.88. The van der Waals surface area contributed by atoms with Crippen molar-refractivity contribution in [1.29, 1.82) is 0 Å². The van der Waals surface area contributed by atoms with E-state index >= 15 is 0 Å². The minimum atomic E-state index is -0.673. The Morgan fingerprint density at radius 3 is 2.06 bits per heavy atom. The van der Waals surface area contributed by atoms with Crippen LogP contribution < -0.4 is 0 Å². The molecule has 2 aliphatic carbocycles. The van der Waals surface area contributed by atoms with Gasteiger partial charge in [0.25, 0.3) is 5.97 Å². The highest BCUT2D eigenvalue weighted by molar-refractivity contribution is 5.05. The summed E-state index contributed by atoms with van der Waals surface area (Å²) >= 11 is 0. The van der Waals surface area contributed by atoms with Crippen LogP contribution in [0.2, 0.25) is 0 Å². The molecule has 0 atom stereocenters. The lowest BCUT2D eigenvalue weighted by molar-refractivity contribution is -0.505. The Labute approximate surface area is 109 Å². The van der Waals surface area contributed by atoms with Gasteiger partial charge in [0.15, 0.2) is 0 Å². The molecule has 3 nitrogen and oxygen atoms in total. The molecule has 4 bridgehead atoms. The van der Waals surface area contributed by atoms with E-state index in [9.17, 15) is 0 Å². The zero-order valence-electron chi connectivity index (χ0n) is 11.4. The third-order valence-electron chi connectivity index (χ3n) is 5.88. The van der Waals surface area contributed by atoms with Gasteiger partial charge >= 0.3 is 0 Å². The molecular formula is C15H24O3. The van der Waals surface area contributed by atoms with E-state index in [1.807, 2.05) is 0 Å². The molecule has 3 heteroatoms. The minimum Gasteiger partial charge on any atom is -0.326 e. The summed E-state index contributed by atoms with van der Waals surface area (Å²) in [6.07, 6.45) is 8.75. The molecule has 5 rings (SSSR count). The van der Waals surface area contributed by atoms with E-state index in [1.165, 1.54) is 38.5 Å². The van der Waals surface area contributed by atoms with Crippen LogP contribution in [0.25, 0.3) is 0 Å². The van der Waals surface area contributed by atoms with Gasteiger partial charge in [-0.15, -0.1) is 0 Å². The summed E-state index contributed by atoms with van der Waals surface area (Å²) in [5.74, 6) is 0.229. The molecule has 0 amide bonds. The summed E-state index contributed by atoms with van der Waals surface area (Å²) in [6.45, 7) is 4.75. The molecule has 0 spiro atoms. The van der Waals surface area contributed by atoms with Gasteiger partial charge in [0.05, 0.1) is 25.2 Å². The maximum atomic E-state index is 6.18. The SMILES string of the molecule is CCCC12COC(C34CCC(CC3)C4)(OC1)OC2. The van der Waals surface area contributed by atoms with Crippen molar-refractivity contribution in [3.63, 3.8) is 0 Å². The normalized spacial score (nSPS) is 54.2. The highest BCUT2D eigenvalue weighted by atomic mass is 16.9. The summed E-state index contributed by atoms with van der Waals surface area (Å²) in [7, 11) is 0. The summed E-state index contributed by atoms with van der Waals surface area (Å²) in [4.78, 5) is 0. The van der Waals surface area contributed by atoms with Gasteiger partial charge in [-0.1, -0.05) is 13.3 Å². The Bertz CT molecular complexity index is 319. The number of ether oxygens (including phenoxy) is 3. The smallest absolute Gasteiger partial charge is 0.288 e. The van der Waals surface area contributed by atoms with E-state index in [2.05, 4.69) is 6.92 Å². The van der Waals surface area contributed by atoms with Crippen molar-refractivity contribution in [3.05, 3.63) is 0 Å². The molecule has 5 fully saturated rings. The third kappa shape index (κ3) is 1.36. The molecule has 0 N–H and O–H groups in total. The van der Waals surface area contributed by atoms with Crippen molar-refractivity contribution in [2.75, 3.05) is 19.8 Å². The molecular weight excluding hydrogens is 228 g/mol. The molecule has 0 radical (unpaired) electrons. The topological polar surface area (TPSA) is 27.7 Å². The van der Waals surface area contributed by atoms with Gasteiger partial charge in [-0.2, -0.15) is 0 Å². The van der Waals surface area contributed by atoms with Crippen molar-refractivity contribution in [1.82, 2.24) is 0 Å². The highest BCUT2D eigenvalue weighted by Gasteiger charge is 2.66. The molecule has 0 aromatic carbocycles. The predicted octanol–water partition coefficient (Wildman–Crippen LogP) is 3.08. The lowest BCUT2D eigenvalue weighted by Gasteiger charge is -2.57. The van der Waals surface area contributed by atoms with Gasteiger partial charge in [0.1, 0.15) is 0 Å². The summed E-state index contributed by atoms with van der Waals surface area (Å²) in [5, 5.41) is 0. The van der Waals surface area contributed by atoms with Crippen LogP contribution in [0.5, 0.6) is 0 Å². The van der Waals surface area contributed by atoms with Gasteiger partial charge in [0.2, 0.25) is 0 Å². The molecule has 0 unspecified atom stereocenters. The molecule has 102 valence electrons. The Morgan fingerprint density at radius 1 is 1.00 bits per heavy atom. The van der Waals surface area contributed by atoms with E-state index in [-0.39, 0.29) is 10.8 Å². The molecule has 2 saturated carbocycles. The van der Waals surface area contributed by atoms with Crippen molar-refractivity contribution in [3.8, 4) is 0 Å². The molecule has 0 aromatic heterocycles. The Morgan fingerprint density at radius 2 is 1.61 bits per heavy atom. The molecule has 0 aromatic rings. The lowest BCUT2D eigenvalue weighted by atomic mass is 9.77. The average Bonchev–Trinajstić information content (AvgIpc) is 3.03. The van der Waals surface area contributed by atoms with E-state index in [0.717, 1.165) is 32.2 Å². The standard InChI is InChI=1S/C15H24O3/c1-2-5-13-9-16-15(17-10-13,18-11-13)14-6-3-12(8-14)4-7-14/h12H,2-11H2,1H3. The van der Waals surface area contributed by atoms with Gasteiger partial charge in [-0.25, -0.2) is 0 Å². The largest absolute Gasteiger partial charge is 0.326 e. The first kappa shape index (κ1) is 11.7. The molecule has 3 heterocycles. The molecule has 3 saturated heterocycles. The van der Waals surface area contributed by atoms with Crippen LogP contribution >= 0.6 is 0 Å². The van der Waals surface area contributed by atoms with Gasteiger partial charge in [-0.05, 0) is 44.4 Å². The fraction of sp³-hybridized carbons (Fsp3) is 1.00. The van der Waals surface area contributed by atoms with Crippen molar-refractivity contribution < 1.29 is 14.2 Å². The van der Waals surface area contributed by atoms with Crippen LogP contribution in [-0.4, -0.2) is 25.8 Å². The van der Waals surface area contributed by atoms with E-state index < -0.39 is 5.97 Å². The van der Waals surface area contributed by atoms with Crippen LogP contribution in [0.3, 0.4) is 0 Å². The first-order valence-electron chi connectivity index (χ1n) is 7.64. The van der Waals surface area contributed by atoms with Crippen molar-refractivity contribution in [2.45, 2.75) is 57.8 Å². The van der Waals surface area contributed by atoms with Crippen molar-refractivity contribution >= 4 is 0 Å². The first-order valence-corrected chi connectivity index (χ1v) is 7.64. The monoisotopic (exact) mass is 252 g/mol. The zero-order chi connectivity index (χ0) is 12.3. The van der Waals surface area contributed by atoms with Gasteiger partial charge in [-0.3, -0.25) is 0 Å². The zero-order valence-corrected chi connectivity index (χ0v) is 11.4. The number of hydrogen-bond acceptors (Lipinski definition) is 3. The van der Waals surface area contributed by atoms with Gasteiger partial charge < -0.3 is 14.2 Å². The average molecular weight is 252 g/mol. The predicted molar refractivity (Wildman–Crippen MR) is 66.9 cm³/mol. The van der Waals surface area contributed by atoms with Crippen LogP contribution in [0.15, 0.2) is 0 Å². The second-order valence-corrected chi connectivity index (χ2v) is 7.10. The maximum absolute atomic E-state index is 6.18. The van der Waals surface area contributed by atoms with Crippen LogP contribution in [0.4, 0.5) is 0 Å². The fourth-order valence-corrected chi connectivity index (χ4v) is 4.82. The minimum absolute atomic E-state index is 0.143. The molecule has 18 heavy (non-hydrogen) atoms. The Kier molecular flexibility index (Phi) is 2.41. The second-order valence-electron chi connectivity index (χ2n) is 7.10. The van der Waals surface area contributed by atoms with E-state index in [1.54, 1.807) is 0 Å². The van der Waals surface area contributed by atoms with Crippen LogP contribution in [-0.2, 0) is 14.2 Å². The molecule has 3 aliphatic heterocycles.